The first kappa shape index (κ1) is 27.6. The molecule has 192 valence electrons. The minimum absolute atomic E-state index is 0.0876. The molecule has 1 saturated carbocycles. The lowest BCUT2D eigenvalue weighted by atomic mass is 9.85. The van der Waals surface area contributed by atoms with Gasteiger partial charge in [-0.1, -0.05) is 41.5 Å². The summed E-state index contributed by atoms with van der Waals surface area (Å²) in [7, 11) is 0. The summed E-state index contributed by atoms with van der Waals surface area (Å²) >= 11 is 0. The maximum Gasteiger partial charge on any atom is 0.408 e. The second-order valence-electron chi connectivity index (χ2n) is 12.0. The second-order valence-corrected chi connectivity index (χ2v) is 12.0. The molecule has 0 spiro atoms. The number of hydrogen-bond donors (Lipinski definition) is 3. The normalized spacial score (nSPS) is 25.0. The molecule has 0 aromatic rings. The minimum Gasteiger partial charge on any atom is -0.475 e. The van der Waals surface area contributed by atoms with E-state index in [1.54, 1.807) is 48.5 Å². The van der Waals surface area contributed by atoms with Crippen LogP contribution in [0.1, 0.15) is 68.7 Å². The van der Waals surface area contributed by atoms with E-state index in [-0.39, 0.29) is 23.7 Å². The van der Waals surface area contributed by atoms with Crippen molar-refractivity contribution in [2.24, 2.45) is 22.7 Å². The summed E-state index contributed by atoms with van der Waals surface area (Å²) < 4.78 is 5.34. The summed E-state index contributed by atoms with van der Waals surface area (Å²) in [5.41, 5.74) is -1.60. The molecule has 0 radical (unpaired) electrons. The summed E-state index contributed by atoms with van der Waals surface area (Å²) in [5, 5.41) is 14.3. The molecule has 1 aliphatic heterocycles. The van der Waals surface area contributed by atoms with Crippen molar-refractivity contribution in [2.45, 2.75) is 92.5 Å². The first-order valence-electron chi connectivity index (χ1n) is 11.7. The number of alkyl carbamates (subject to hydrolysis) is 1. The third-order valence-corrected chi connectivity index (χ3v) is 6.79. The van der Waals surface area contributed by atoms with Crippen molar-refractivity contribution in [2.75, 3.05) is 6.54 Å². The van der Waals surface area contributed by atoms with E-state index in [4.69, 9.17) is 9.84 Å². The summed E-state index contributed by atoms with van der Waals surface area (Å²) in [5.74, 6) is -3.74. The highest BCUT2D eigenvalue weighted by molar-refractivity contribution is 6.35. The van der Waals surface area contributed by atoms with Crippen LogP contribution in [0.2, 0.25) is 0 Å². The van der Waals surface area contributed by atoms with Crippen LogP contribution in [0.15, 0.2) is 0 Å². The summed E-state index contributed by atoms with van der Waals surface area (Å²) in [4.78, 5) is 64.0. The van der Waals surface area contributed by atoms with Gasteiger partial charge in [0.1, 0.15) is 17.7 Å². The molecule has 2 aliphatic rings. The smallest absolute Gasteiger partial charge is 0.408 e. The number of rotatable bonds is 7. The van der Waals surface area contributed by atoms with E-state index < -0.39 is 58.8 Å². The molecule has 5 atom stereocenters. The lowest BCUT2D eigenvalue weighted by Crippen LogP contribution is -2.60. The molecular weight excluding hydrogens is 442 g/mol. The fourth-order valence-electron chi connectivity index (χ4n) is 4.81. The predicted molar refractivity (Wildman–Crippen MR) is 124 cm³/mol. The van der Waals surface area contributed by atoms with Crippen molar-refractivity contribution in [3.05, 3.63) is 0 Å². The van der Waals surface area contributed by atoms with Crippen molar-refractivity contribution in [3.63, 3.8) is 0 Å². The van der Waals surface area contributed by atoms with Gasteiger partial charge in [0, 0.05) is 6.54 Å². The highest BCUT2D eigenvalue weighted by atomic mass is 16.6. The summed E-state index contributed by atoms with van der Waals surface area (Å²) in [6.07, 6.45) is -0.621. The fourth-order valence-corrected chi connectivity index (χ4v) is 4.81. The average Bonchev–Trinajstić information content (AvgIpc) is 3.01. The number of ketones is 1. The van der Waals surface area contributed by atoms with Gasteiger partial charge < -0.3 is 25.4 Å². The van der Waals surface area contributed by atoms with Gasteiger partial charge in [0.05, 0.1) is 6.04 Å². The number of likely N-dealkylation sites (tertiary alicyclic amines) is 1. The zero-order valence-corrected chi connectivity index (χ0v) is 21.6. The van der Waals surface area contributed by atoms with Crippen LogP contribution in [-0.4, -0.2) is 69.9 Å². The van der Waals surface area contributed by atoms with Crippen LogP contribution >= 0.6 is 0 Å². The number of carbonyl (C=O) groups is 5. The highest BCUT2D eigenvalue weighted by Crippen LogP contribution is 2.65. The number of amides is 3. The van der Waals surface area contributed by atoms with Crippen LogP contribution in [0.5, 0.6) is 0 Å². The van der Waals surface area contributed by atoms with E-state index in [2.05, 4.69) is 10.6 Å². The molecule has 0 aromatic heterocycles. The van der Waals surface area contributed by atoms with E-state index in [0.29, 0.717) is 6.54 Å². The Balaban J connectivity index is 2.30. The molecule has 0 bridgehead atoms. The van der Waals surface area contributed by atoms with Gasteiger partial charge in [0.2, 0.25) is 11.8 Å². The molecule has 3 amide bonds. The molecule has 1 aliphatic carbocycles. The Morgan fingerprint density at radius 2 is 1.62 bits per heavy atom. The second kappa shape index (κ2) is 9.19. The van der Waals surface area contributed by atoms with Crippen molar-refractivity contribution in [1.29, 1.82) is 0 Å². The van der Waals surface area contributed by atoms with Gasteiger partial charge in [0.15, 0.2) is 0 Å². The molecule has 3 N–H and O–H groups in total. The monoisotopic (exact) mass is 481 g/mol. The van der Waals surface area contributed by atoms with E-state index in [1.165, 1.54) is 4.90 Å². The van der Waals surface area contributed by atoms with E-state index in [9.17, 15) is 24.0 Å². The first-order chi connectivity index (χ1) is 15.3. The maximum absolute atomic E-state index is 13.7. The Morgan fingerprint density at radius 3 is 2.06 bits per heavy atom. The third kappa shape index (κ3) is 5.70. The van der Waals surface area contributed by atoms with Crippen LogP contribution in [0.4, 0.5) is 4.79 Å². The average molecular weight is 482 g/mol. The largest absolute Gasteiger partial charge is 0.475 e. The van der Waals surface area contributed by atoms with Crippen LogP contribution in [-0.2, 0) is 23.9 Å². The number of ether oxygens (including phenoxy) is 1. The molecule has 10 nitrogen and oxygen atoms in total. The fraction of sp³-hybridized carbons (Fsp3) is 0.792. The number of nitrogens with zero attached hydrogens (tertiary/aromatic N) is 1. The van der Waals surface area contributed by atoms with Gasteiger partial charge in [0.25, 0.3) is 5.78 Å². The molecular formula is C24H39N3O7. The molecule has 2 rings (SSSR count). The number of carboxylic acids is 1. The minimum atomic E-state index is -1.62. The lowest BCUT2D eigenvalue weighted by Gasteiger charge is -2.38. The first-order valence-corrected chi connectivity index (χ1v) is 11.7. The van der Waals surface area contributed by atoms with Crippen LogP contribution < -0.4 is 10.6 Å². The van der Waals surface area contributed by atoms with Crippen molar-refractivity contribution in [1.82, 2.24) is 15.5 Å². The molecule has 1 saturated heterocycles. The zero-order chi connectivity index (χ0) is 26.4. The van der Waals surface area contributed by atoms with Crippen molar-refractivity contribution < 1.29 is 33.8 Å². The number of aliphatic carboxylic acids is 1. The van der Waals surface area contributed by atoms with Gasteiger partial charge in [-0.25, -0.2) is 9.59 Å². The number of nitrogens with one attached hydrogen (secondary N) is 2. The number of piperidine rings is 1. The van der Waals surface area contributed by atoms with Crippen molar-refractivity contribution >= 4 is 29.7 Å². The number of fused-ring (bicyclic) bond motifs is 1. The Hall–Kier alpha value is -2.65. The Morgan fingerprint density at radius 1 is 1.06 bits per heavy atom. The van der Waals surface area contributed by atoms with E-state index >= 15 is 0 Å². The van der Waals surface area contributed by atoms with Crippen molar-refractivity contribution in [3.8, 4) is 0 Å². The lowest BCUT2D eigenvalue weighted by molar-refractivity contribution is -0.151. The Kier molecular flexibility index (Phi) is 7.45. The molecule has 5 unspecified atom stereocenters. The van der Waals surface area contributed by atoms with Gasteiger partial charge in [-0.2, -0.15) is 0 Å². The van der Waals surface area contributed by atoms with Gasteiger partial charge in [-0.3, -0.25) is 14.4 Å². The number of carboxylic acid groups (broad SMARTS) is 1. The molecule has 1 heterocycles. The Bertz CT molecular complexity index is 869. The van der Waals surface area contributed by atoms with E-state index in [1.807, 2.05) is 13.8 Å². The maximum atomic E-state index is 13.7. The standard InChI is InChI=1S/C24H39N3O7/c1-10-13(16(28)20(31)32)25-18(29)15-14-12(24(14,8)9)11-27(15)19(30)17(22(2,3)4)26-21(33)34-23(5,6)7/h12-15,17H,10-11H2,1-9H3,(H,25,29)(H,26,33)(H,31,32). The molecule has 10 heteroatoms. The van der Waals surface area contributed by atoms with Gasteiger partial charge >= 0.3 is 12.1 Å². The number of Topliss-reactive ketones (excluding diaryl/α,β-unsaturated/α-hetero) is 1. The molecule has 34 heavy (non-hydrogen) atoms. The highest BCUT2D eigenvalue weighted by Gasteiger charge is 2.69. The quantitative estimate of drug-likeness (QED) is 0.472. The van der Waals surface area contributed by atoms with Crippen LogP contribution in [0.3, 0.4) is 0 Å². The van der Waals surface area contributed by atoms with Crippen LogP contribution in [0.25, 0.3) is 0 Å². The zero-order valence-electron chi connectivity index (χ0n) is 21.6. The van der Waals surface area contributed by atoms with Gasteiger partial charge in [-0.15, -0.1) is 0 Å². The SMILES string of the molecule is CCC(NC(=O)C1C2C(CN1C(=O)C(NC(=O)OC(C)(C)C)C(C)(C)C)C2(C)C)C(=O)C(=O)O. The molecule has 0 aromatic carbocycles. The van der Waals surface area contributed by atoms with Gasteiger partial charge in [-0.05, 0) is 49.9 Å². The predicted octanol–water partition coefficient (Wildman–Crippen LogP) is 1.96. The van der Waals surface area contributed by atoms with Crippen LogP contribution in [0, 0.1) is 22.7 Å². The number of carbonyl (C=O) groups excluding carboxylic acids is 4. The molecule has 2 fully saturated rings. The topological polar surface area (TPSA) is 142 Å². The summed E-state index contributed by atoms with van der Waals surface area (Å²) in [6, 6.07) is -3.00. The summed E-state index contributed by atoms with van der Waals surface area (Å²) in [6.45, 7) is 16.6. The Labute approximate surface area is 201 Å². The number of hydrogen-bond acceptors (Lipinski definition) is 6. The van der Waals surface area contributed by atoms with E-state index in [0.717, 1.165) is 0 Å². The third-order valence-electron chi connectivity index (χ3n) is 6.79.